The number of halogens is 3. The van der Waals surface area contributed by atoms with E-state index in [9.17, 15) is 22.8 Å². The highest BCUT2D eigenvalue weighted by Crippen LogP contribution is 2.31. The van der Waals surface area contributed by atoms with Gasteiger partial charge < -0.3 is 15.0 Å². The van der Waals surface area contributed by atoms with Gasteiger partial charge in [-0.05, 0) is 30.3 Å². The van der Waals surface area contributed by atoms with Crippen LogP contribution >= 0.6 is 0 Å². The second-order valence-electron chi connectivity index (χ2n) is 6.34. The number of amides is 2. The Balaban J connectivity index is 1.66. The molecule has 2 heterocycles. The number of hydrogen-bond donors (Lipinski definition) is 1. The van der Waals surface area contributed by atoms with Gasteiger partial charge >= 0.3 is 0 Å². The number of pyridine rings is 1. The summed E-state index contributed by atoms with van der Waals surface area (Å²) in [6.07, 6.45) is 1.87. The van der Waals surface area contributed by atoms with Crippen LogP contribution in [-0.2, 0) is 4.79 Å². The molecule has 0 bridgehead atoms. The minimum Gasteiger partial charge on any atom is -0.455 e. The van der Waals surface area contributed by atoms with Crippen molar-refractivity contribution in [2.45, 2.75) is 18.4 Å². The maximum absolute atomic E-state index is 13.5. The van der Waals surface area contributed by atoms with Crippen LogP contribution in [0.5, 0.6) is 11.5 Å². The van der Waals surface area contributed by atoms with Crippen LogP contribution in [0.1, 0.15) is 16.8 Å². The molecule has 3 rings (SSSR count). The predicted octanol–water partition coefficient (Wildman–Crippen LogP) is 2.50. The first-order valence-corrected chi connectivity index (χ1v) is 8.51. The number of rotatable bonds is 5. The van der Waals surface area contributed by atoms with E-state index >= 15 is 0 Å². The lowest BCUT2D eigenvalue weighted by Crippen LogP contribution is -2.43. The largest absolute Gasteiger partial charge is 0.455 e. The molecule has 0 saturated carbocycles. The molecular weight excluding hydrogens is 389 g/mol. The Morgan fingerprint density at radius 2 is 2.03 bits per heavy atom. The average Bonchev–Trinajstić information content (AvgIpc) is 3.03. The topological polar surface area (TPSA) is 95.3 Å². The van der Waals surface area contributed by atoms with Crippen molar-refractivity contribution in [1.29, 1.82) is 5.26 Å². The molecule has 7 nitrogen and oxygen atoms in total. The predicted molar refractivity (Wildman–Crippen MR) is 93.7 cm³/mol. The molecule has 1 N–H and O–H groups in total. The highest BCUT2D eigenvalue weighted by Gasteiger charge is 2.47. The van der Waals surface area contributed by atoms with Crippen LogP contribution in [0.4, 0.5) is 13.2 Å². The van der Waals surface area contributed by atoms with Gasteiger partial charge in [0.2, 0.25) is 5.91 Å². The highest BCUT2D eigenvalue weighted by atomic mass is 19.3. The molecule has 1 saturated heterocycles. The number of carbonyl (C=O) groups excluding carboxylic acids is 2. The zero-order chi connectivity index (χ0) is 21.0. The van der Waals surface area contributed by atoms with Crippen LogP contribution in [0.2, 0.25) is 0 Å². The number of nitrogens with zero attached hydrogens (tertiary/aromatic N) is 3. The number of aromatic nitrogens is 1. The van der Waals surface area contributed by atoms with E-state index in [0.29, 0.717) is 0 Å². The zero-order valence-electron chi connectivity index (χ0n) is 14.9. The Morgan fingerprint density at radius 3 is 2.72 bits per heavy atom. The van der Waals surface area contributed by atoms with E-state index in [-0.39, 0.29) is 17.1 Å². The molecular formula is C19H15F3N4O3. The van der Waals surface area contributed by atoms with Gasteiger partial charge in [0.05, 0.1) is 30.9 Å². The van der Waals surface area contributed by atoms with E-state index < -0.39 is 49.1 Å². The van der Waals surface area contributed by atoms with Crippen molar-refractivity contribution in [3.05, 3.63) is 54.1 Å². The number of hydrogen-bond acceptors (Lipinski definition) is 5. The molecule has 0 radical (unpaired) electrons. The standard InChI is InChI=1S/C19H15F3N4O3/c20-12-1-3-14(4-2-12)29-16-9-24-6-5-15(16)18(28)25-10-17(27)26-11-19(21,22)7-13(26)8-23/h1-6,9,13H,7,10-11H2,(H,25,28). The molecule has 1 atom stereocenters. The van der Waals surface area contributed by atoms with Gasteiger partial charge in [0.15, 0.2) is 5.75 Å². The lowest BCUT2D eigenvalue weighted by Gasteiger charge is -2.19. The first-order chi connectivity index (χ1) is 13.8. The summed E-state index contributed by atoms with van der Waals surface area (Å²) < 4.78 is 45.5. The molecule has 0 aliphatic carbocycles. The number of ether oxygens (including phenoxy) is 1. The zero-order valence-corrected chi connectivity index (χ0v) is 14.9. The Hall–Kier alpha value is -3.61. The van der Waals surface area contributed by atoms with Gasteiger partial charge in [0.1, 0.15) is 17.6 Å². The lowest BCUT2D eigenvalue weighted by atomic mass is 10.2. The maximum atomic E-state index is 13.5. The summed E-state index contributed by atoms with van der Waals surface area (Å²) in [7, 11) is 0. The minimum absolute atomic E-state index is 0.0423. The number of nitrogens with one attached hydrogen (secondary N) is 1. The summed E-state index contributed by atoms with van der Waals surface area (Å²) >= 11 is 0. The van der Waals surface area contributed by atoms with Crippen molar-refractivity contribution in [3.8, 4) is 17.6 Å². The number of nitriles is 1. The van der Waals surface area contributed by atoms with Crippen LogP contribution in [0.3, 0.4) is 0 Å². The Morgan fingerprint density at radius 1 is 1.31 bits per heavy atom. The average molecular weight is 404 g/mol. The normalized spacial score (nSPS) is 17.4. The van der Waals surface area contributed by atoms with Crippen LogP contribution in [0.15, 0.2) is 42.7 Å². The van der Waals surface area contributed by atoms with E-state index in [2.05, 4.69) is 10.3 Å². The van der Waals surface area contributed by atoms with Gasteiger partial charge in [0, 0.05) is 12.6 Å². The second-order valence-corrected chi connectivity index (χ2v) is 6.34. The van der Waals surface area contributed by atoms with Crippen molar-refractivity contribution >= 4 is 11.8 Å². The van der Waals surface area contributed by atoms with Gasteiger partial charge in [-0.2, -0.15) is 5.26 Å². The molecule has 2 amide bonds. The molecule has 1 aromatic heterocycles. The summed E-state index contributed by atoms with van der Waals surface area (Å²) in [4.78, 5) is 29.3. The molecule has 0 spiro atoms. The first-order valence-electron chi connectivity index (χ1n) is 8.51. The molecule has 1 aliphatic heterocycles. The van der Waals surface area contributed by atoms with E-state index in [0.717, 1.165) is 4.90 Å². The van der Waals surface area contributed by atoms with Gasteiger partial charge in [-0.3, -0.25) is 14.6 Å². The van der Waals surface area contributed by atoms with Crippen molar-refractivity contribution in [1.82, 2.24) is 15.2 Å². The molecule has 1 aromatic carbocycles. The third-order valence-electron chi connectivity index (χ3n) is 4.21. The van der Waals surface area contributed by atoms with Gasteiger partial charge in [-0.25, -0.2) is 13.2 Å². The SMILES string of the molecule is N#CC1CC(F)(F)CN1C(=O)CNC(=O)c1ccncc1Oc1ccc(F)cc1. The van der Waals surface area contributed by atoms with Crippen LogP contribution in [0, 0.1) is 17.1 Å². The number of alkyl halides is 2. The summed E-state index contributed by atoms with van der Waals surface area (Å²) in [6.45, 7) is -1.43. The van der Waals surface area contributed by atoms with Crippen LogP contribution < -0.4 is 10.1 Å². The molecule has 1 aliphatic rings. The maximum Gasteiger partial charge on any atom is 0.268 e. The Kier molecular flexibility index (Phi) is 5.68. The molecule has 2 aromatic rings. The summed E-state index contributed by atoms with van der Waals surface area (Å²) in [5.41, 5.74) is 0.0423. The number of carbonyl (C=O) groups is 2. The quantitative estimate of drug-likeness (QED) is 0.826. The third kappa shape index (κ3) is 4.82. The lowest BCUT2D eigenvalue weighted by molar-refractivity contribution is -0.131. The third-order valence-corrected chi connectivity index (χ3v) is 4.21. The Labute approximate surface area is 163 Å². The first kappa shape index (κ1) is 20.1. The van der Waals surface area contributed by atoms with Crippen molar-refractivity contribution in [2.24, 2.45) is 0 Å². The smallest absolute Gasteiger partial charge is 0.268 e. The van der Waals surface area contributed by atoms with Gasteiger partial charge in [0.25, 0.3) is 11.8 Å². The molecule has 150 valence electrons. The molecule has 1 fully saturated rings. The van der Waals surface area contributed by atoms with Crippen molar-refractivity contribution in [2.75, 3.05) is 13.1 Å². The van der Waals surface area contributed by atoms with E-state index in [1.807, 2.05) is 0 Å². The number of benzene rings is 1. The van der Waals surface area contributed by atoms with Crippen LogP contribution in [0.25, 0.3) is 0 Å². The summed E-state index contributed by atoms with van der Waals surface area (Å²) in [5.74, 6) is -4.76. The summed E-state index contributed by atoms with van der Waals surface area (Å²) in [5, 5.41) is 11.3. The van der Waals surface area contributed by atoms with E-state index in [4.69, 9.17) is 10.00 Å². The van der Waals surface area contributed by atoms with E-state index in [1.54, 1.807) is 6.07 Å². The fourth-order valence-corrected chi connectivity index (χ4v) is 2.83. The molecule has 1 unspecified atom stereocenters. The van der Waals surface area contributed by atoms with E-state index in [1.165, 1.54) is 42.7 Å². The van der Waals surface area contributed by atoms with Crippen molar-refractivity contribution in [3.63, 3.8) is 0 Å². The van der Waals surface area contributed by atoms with Gasteiger partial charge in [-0.1, -0.05) is 0 Å². The van der Waals surface area contributed by atoms with Crippen molar-refractivity contribution < 1.29 is 27.5 Å². The minimum atomic E-state index is -3.14. The van der Waals surface area contributed by atoms with Crippen LogP contribution in [-0.4, -0.2) is 46.8 Å². The van der Waals surface area contributed by atoms with Gasteiger partial charge in [-0.15, -0.1) is 0 Å². The summed E-state index contributed by atoms with van der Waals surface area (Å²) in [6, 6.07) is 6.87. The fraction of sp³-hybridized carbons (Fsp3) is 0.263. The fourth-order valence-electron chi connectivity index (χ4n) is 2.83. The second kappa shape index (κ2) is 8.18. The monoisotopic (exact) mass is 404 g/mol. The molecule has 10 heteroatoms. The Bertz CT molecular complexity index is 960. The molecule has 29 heavy (non-hydrogen) atoms. The number of likely N-dealkylation sites (tertiary alicyclic amines) is 1. The highest BCUT2D eigenvalue weighted by molar-refractivity contribution is 5.98.